The number of piperidine rings is 1. The highest BCUT2D eigenvalue weighted by atomic mass is 16.7. The molecule has 2 unspecified atom stereocenters. The summed E-state index contributed by atoms with van der Waals surface area (Å²) in [7, 11) is 1.76. The Morgan fingerprint density at radius 2 is 1.95 bits per heavy atom. The number of anilines is 1. The van der Waals surface area contributed by atoms with Gasteiger partial charge in [-0.15, -0.1) is 0 Å². The number of amides is 2. The second-order valence-corrected chi connectivity index (χ2v) is 6.12. The van der Waals surface area contributed by atoms with E-state index in [2.05, 4.69) is 5.32 Å². The minimum absolute atomic E-state index is 0.0269. The number of fused-ring (bicyclic) bond motifs is 3. The topological polar surface area (TPSA) is 60.0 Å². The average molecular weight is 304 g/mol. The second-order valence-electron chi connectivity index (χ2n) is 6.12. The van der Waals surface area contributed by atoms with Crippen molar-refractivity contribution in [3.8, 4) is 11.5 Å². The van der Waals surface area contributed by atoms with Crippen LogP contribution in [0.3, 0.4) is 0 Å². The molecule has 6 heteroatoms. The molecular formula is C16H20N2O4. The largest absolute Gasteiger partial charge is 0.454 e. The number of methoxy groups -OCH3 is 1. The molecule has 0 aliphatic carbocycles. The van der Waals surface area contributed by atoms with E-state index >= 15 is 0 Å². The molecule has 3 aliphatic heterocycles. The van der Waals surface area contributed by atoms with Crippen LogP contribution < -0.4 is 14.8 Å². The first-order valence-electron chi connectivity index (χ1n) is 7.76. The summed E-state index contributed by atoms with van der Waals surface area (Å²) in [5.74, 6) is 1.40. The molecule has 0 aromatic heterocycles. The Balaban J connectivity index is 1.47. The van der Waals surface area contributed by atoms with Gasteiger partial charge in [0.15, 0.2) is 11.5 Å². The summed E-state index contributed by atoms with van der Waals surface area (Å²) in [5, 5.41) is 2.99. The molecule has 0 saturated carbocycles. The van der Waals surface area contributed by atoms with Crippen molar-refractivity contribution >= 4 is 11.7 Å². The number of rotatable bonds is 2. The van der Waals surface area contributed by atoms with E-state index in [4.69, 9.17) is 14.2 Å². The number of carbonyl (C=O) groups excluding carboxylic acids is 1. The molecule has 2 saturated heterocycles. The fourth-order valence-corrected chi connectivity index (χ4v) is 3.81. The third-order valence-corrected chi connectivity index (χ3v) is 4.88. The average Bonchev–Trinajstić information content (AvgIpc) is 3.09. The van der Waals surface area contributed by atoms with Gasteiger partial charge in [0, 0.05) is 30.9 Å². The normalized spacial score (nSPS) is 28.8. The van der Waals surface area contributed by atoms with Crippen LogP contribution in [0.5, 0.6) is 11.5 Å². The molecule has 2 atom stereocenters. The Bertz CT molecular complexity index is 578. The number of nitrogens with one attached hydrogen (secondary N) is 1. The highest BCUT2D eigenvalue weighted by Gasteiger charge is 2.43. The van der Waals surface area contributed by atoms with Gasteiger partial charge in [-0.1, -0.05) is 0 Å². The highest BCUT2D eigenvalue weighted by molar-refractivity contribution is 5.90. The SMILES string of the molecule is COC1CC2CCC(C1)N2C(=O)Nc1ccc2c(c1)OCO2. The van der Waals surface area contributed by atoms with Crippen LogP contribution in [0, 0.1) is 0 Å². The third-order valence-electron chi connectivity index (χ3n) is 4.88. The van der Waals surface area contributed by atoms with Crippen LogP contribution in [-0.4, -0.2) is 43.0 Å². The van der Waals surface area contributed by atoms with Gasteiger partial charge in [0.25, 0.3) is 0 Å². The molecule has 22 heavy (non-hydrogen) atoms. The van der Waals surface area contributed by atoms with Crippen molar-refractivity contribution in [1.82, 2.24) is 4.90 Å². The predicted octanol–water partition coefficient (Wildman–Crippen LogP) is 2.59. The van der Waals surface area contributed by atoms with Crippen molar-refractivity contribution in [3.05, 3.63) is 18.2 Å². The van der Waals surface area contributed by atoms with Gasteiger partial charge in [-0.2, -0.15) is 0 Å². The van der Waals surface area contributed by atoms with Crippen LogP contribution in [0.1, 0.15) is 25.7 Å². The van der Waals surface area contributed by atoms with Crippen LogP contribution in [-0.2, 0) is 4.74 Å². The van der Waals surface area contributed by atoms with Crippen LogP contribution in [0.15, 0.2) is 18.2 Å². The Morgan fingerprint density at radius 3 is 2.68 bits per heavy atom. The molecule has 2 bridgehead atoms. The van der Waals surface area contributed by atoms with E-state index < -0.39 is 0 Å². The zero-order chi connectivity index (χ0) is 15.1. The van der Waals surface area contributed by atoms with Crippen LogP contribution in [0.25, 0.3) is 0 Å². The van der Waals surface area contributed by atoms with Gasteiger partial charge >= 0.3 is 6.03 Å². The molecular weight excluding hydrogens is 284 g/mol. The molecule has 1 aromatic rings. The molecule has 2 amide bonds. The molecule has 3 aliphatic rings. The number of urea groups is 1. The summed E-state index contributed by atoms with van der Waals surface area (Å²) in [6, 6.07) is 6.03. The lowest BCUT2D eigenvalue weighted by Gasteiger charge is -2.38. The number of hydrogen-bond acceptors (Lipinski definition) is 4. The van der Waals surface area contributed by atoms with Gasteiger partial charge in [-0.25, -0.2) is 4.79 Å². The Hall–Kier alpha value is -1.95. The standard InChI is InChI=1S/C16H20N2O4/c1-20-13-7-11-3-4-12(8-13)18(11)16(19)17-10-2-5-14-15(6-10)22-9-21-14/h2,5-6,11-13H,3-4,7-9H2,1H3,(H,17,19). The van der Waals surface area contributed by atoms with Gasteiger partial charge in [0.05, 0.1) is 6.10 Å². The molecule has 1 aromatic carbocycles. The van der Waals surface area contributed by atoms with Crippen LogP contribution in [0.2, 0.25) is 0 Å². The molecule has 2 fully saturated rings. The summed E-state index contributed by atoms with van der Waals surface area (Å²) in [6.07, 6.45) is 4.29. The lowest BCUT2D eigenvalue weighted by molar-refractivity contribution is 0.0232. The molecule has 118 valence electrons. The van der Waals surface area contributed by atoms with E-state index in [1.54, 1.807) is 7.11 Å². The number of benzene rings is 1. The first-order chi connectivity index (χ1) is 10.7. The molecule has 4 rings (SSSR count). The molecule has 1 N–H and O–H groups in total. The van der Waals surface area contributed by atoms with Crippen LogP contribution in [0.4, 0.5) is 10.5 Å². The fraction of sp³-hybridized carbons (Fsp3) is 0.562. The van der Waals surface area contributed by atoms with E-state index in [1.165, 1.54) is 0 Å². The zero-order valence-corrected chi connectivity index (χ0v) is 12.6. The highest BCUT2D eigenvalue weighted by Crippen LogP contribution is 2.38. The van der Waals surface area contributed by atoms with Crippen LogP contribution >= 0.6 is 0 Å². The minimum Gasteiger partial charge on any atom is -0.454 e. The number of nitrogens with zero attached hydrogens (tertiary/aromatic N) is 1. The predicted molar refractivity (Wildman–Crippen MR) is 80.3 cm³/mol. The maximum atomic E-state index is 12.6. The van der Waals surface area contributed by atoms with E-state index in [1.807, 2.05) is 23.1 Å². The van der Waals surface area contributed by atoms with Crippen molar-refractivity contribution < 1.29 is 19.0 Å². The smallest absolute Gasteiger partial charge is 0.322 e. The van der Waals surface area contributed by atoms with Crippen molar-refractivity contribution in [2.75, 3.05) is 19.2 Å². The van der Waals surface area contributed by atoms with Gasteiger partial charge in [0.2, 0.25) is 6.79 Å². The number of carbonyl (C=O) groups is 1. The van der Waals surface area contributed by atoms with E-state index in [0.717, 1.165) is 37.1 Å². The summed E-state index contributed by atoms with van der Waals surface area (Å²) in [5.41, 5.74) is 0.738. The maximum absolute atomic E-state index is 12.6. The fourth-order valence-electron chi connectivity index (χ4n) is 3.81. The molecule has 6 nitrogen and oxygen atoms in total. The lowest BCUT2D eigenvalue weighted by Crippen LogP contribution is -2.50. The summed E-state index contributed by atoms with van der Waals surface area (Å²) >= 11 is 0. The molecule has 0 spiro atoms. The first-order valence-corrected chi connectivity index (χ1v) is 7.76. The van der Waals surface area contributed by atoms with Crippen molar-refractivity contribution in [3.63, 3.8) is 0 Å². The monoisotopic (exact) mass is 304 g/mol. The zero-order valence-electron chi connectivity index (χ0n) is 12.6. The van der Waals surface area contributed by atoms with Crippen molar-refractivity contribution in [1.29, 1.82) is 0 Å². The van der Waals surface area contributed by atoms with Crippen molar-refractivity contribution in [2.45, 2.75) is 43.9 Å². The van der Waals surface area contributed by atoms with Gasteiger partial charge in [-0.3, -0.25) is 0 Å². The minimum atomic E-state index is -0.0269. The van der Waals surface area contributed by atoms with Crippen molar-refractivity contribution in [2.24, 2.45) is 0 Å². The lowest BCUT2D eigenvalue weighted by atomic mass is 10.0. The Labute approximate surface area is 129 Å². The number of hydrogen-bond donors (Lipinski definition) is 1. The molecule has 0 radical (unpaired) electrons. The van der Waals surface area contributed by atoms with E-state index in [0.29, 0.717) is 5.75 Å². The molecule has 3 heterocycles. The first kappa shape index (κ1) is 13.7. The summed E-state index contributed by atoms with van der Waals surface area (Å²) in [6.45, 7) is 0.238. The van der Waals surface area contributed by atoms with E-state index in [-0.39, 0.29) is 31.0 Å². The van der Waals surface area contributed by atoms with Gasteiger partial charge < -0.3 is 24.4 Å². The second kappa shape index (κ2) is 5.35. The Morgan fingerprint density at radius 1 is 1.23 bits per heavy atom. The van der Waals surface area contributed by atoms with Gasteiger partial charge in [-0.05, 0) is 37.8 Å². The van der Waals surface area contributed by atoms with Gasteiger partial charge in [0.1, 0.15) is 0 Å². The van der Waals surface area contributed by atoms with E-state index in [9.17, 15) is 4.79 Å². The third kappa shape index (κ3) is 2.27. The quantitative estimate of drug-likeness (QED) is 0.912. The summed E-state index contributed by atoms with van der Waals surface area (Å²) in [4.78, 5) is 14.6. The Kier molecular flexibility index (Phi) is 3.33. The maximum Gasteiger partial charge on any atom is 0.322 e. The summed E-state index contributed by atoms with van der Waals surface area (Å²) < 4.78 is 16.1. The number of ether oxygens (including phenoxy) is 3.